The SMILES string of the molecule is CSc1nsc(N=Nc2c(C(C)(C)C)[nH]n3nc(C(C)CN4C(=O)c5ccccc5C4=O)nc23)n1. The number of aromatic amines is 1. The maximum atomic E-state index is 12.8. The Kier molecular flexibility index (Phi) is 5.75. The minimum Gasteiger partial charge on any atom is -0.277 e. The van der Waals surface area contributed by atoms with Gasteiger partial charge in [-0.1, -0.05) is 51.6 Å². The van der Waals surface area contributed by atoms with Crippen LogP contribution in [0.2, 0.25) is 0 Å². The predicted octanol–water partition coefficient (Wildman–Crippen LogP) is 4.74. The van der Waals surface area contributed by atoms with Gasteiger partial charge in [-0.15, -0.1) is 15.3 Å². The molecule has 0 fully saturated rings. The summed E-state index contributed by atoms with van der Waals surface area (Å²) in [4.78, 5) is 35.8. The van der Waals surface area contributed by atoms with Crippen molar-refractivity contribution in [2.24, 2.45) is 10.2 Å². The Hall–Kier alpha value is -3.45. The van der Waals surface area contributed by atoms with Crippen LogP contribution in [0.5, 0.6) is 0 Å². The summed E-state index contributed by atoms with van der Waals surface area (Å²) in [6.07, 6.45) is 1.90. The monoisotopic (exact) mass is 509 g/mol. The van der Waals surface area contributed by atoms with Gasteiger partial charge in [0.25, 0.3) is 11.8 Å². The predicted molar refractivity (Wildman–Crippen MR) is 132 cm³/mol. The van der Waals surface area contributed by atoms with Crippen LogP contribution in [0.15, 0.2) is 39.7 Å². The van der Waals surface area contributed by atoms with E-state index in [4.69, 9.17) is 4.98 Å². The molecule has 1 aliphatic rings. The molecule has 1 aliphatic heterocycles. The van der Waals surface area contributed by atoms with E-state index in [1.807, 2.05) is 13.2 Å². The smallest absolute Gasteiger partial charge is 0.261 e. The highest BCUT2D eigenvalue weighted by Crippen LogP contribution is 2.36. The van der Waals surface area contributed by atoms with E-state index in [0.29, 0.717) is 38.6 Å². The number of aromatic nitrogens is 6. The van der Waals surface area contributed by atoms with Crippen LogP contribution >= 0.6 is 23.3 Å². The first-order valence-corrected chi connectivity index (χ1v) is 12.9. The zero-order valence-corrected chi connectivity index (χ0v) is 21.4. The lowest BCUT2D eigenvalue weighted by Crippen LogP contribution is -2.33. The van der Waals surface area contributed by atoms with Crippen molar-refractivity contribution in [3.63, 3.8) is 0 Å². The third kappa shape index (κ3) is 4.14. The summed E-state index contributed by atoms with van der Waals surface area (Å²) < 4.78 is 5.78. The van der Waals surface area contributed by atoms with Gasteiger partial charge >= 0.3 is 0 Å². The van der Waals surface area contributed by atoms with Gasteiger partial charge in [-0.25, -0.2) is 4.98 Å². The molecule has 4 heterocycles. The molecule has 0 saturated carbocycles. The van der Waals surface area contributed by atoms with E-state index in [0.717, 1.165) is 5.69 Å². The van der Waals surface area contributed by atoms with Gasteiger partial charge in [0.05, 0.1) is 16.8 Å². The summed E-state index contributed by atoms with van der Waals surface area (Å²) in [5.74, 6) is -0.396. The molecule has 1 atom stereocenters. The molecule has 0 saturated heterocycles. The molecular weight excluding hydrogens is 486 g/mol. The number of nitrogens with zero attached hydrogens (tertiary/aromatic N) is 8. The summed E-state index contributed by atoms with van der Waals surface area (Å²) in [7, 11) is 0. The van der Waals surface area contributed by atoms with E-state index in [2.05, 4.69) is 50.6 Å². The van der Waals surface area contributed by atoms with Gasteiger partial charge in [0.2, 0.25) is 15.9 Å². The van der Waals surface area contributed by atoms with Gasteiger partial charge in [0.15, 0.2) is 11.5 Å². The standard InChI is InChI=1S/C22H23N9O2S2/c1-11(10-30-18(32)12-8-6-7-9-13(12)19(30)33)16-23-17-14(15(22(2,3)4)27-31(17)28-16)25-26-20-24-21(34-5)29-35-20/h6-9,11,27H,10H2,1-5H3. The molecular formula is C22H23N9O2S2. The lowest BCUT2D eigenvalue weighted by atomic mass is 9.91. The zero-order valence-electron chi connectivity index (χ0n) is 19.8. The van der Waals surface area contributed by atoms with Crippen LogP contribution in [0.1, 0.15) is 65.8 Å². The number of hydrogen-bond acceptors (Lipinski definition) is 10. The number of carbonyl (C=O) groups excluding carboxylic acids is 2. The Labute approximate surface area is 209 Å². The van der Waals surface area contributed by atoms with E-state index in [1.54, 1.807) is 28.9 Å². The van der Waals surface area contributed by atoms with Crippen molar-refractivity contribution in [1.82, 2.24) is 34.1 Å². The van der Waals surface area contributed by atoms with Gasteiger partial charge in [0.1, 0.15) is 0 Å². The van der Waals surface area contributed by atoms with Crippen molar-refractivity contribution in [3.05, 3.63) is 46.9 Å². The number of H-pyrrole nitrogens is 1. The molecule has 0 aliphatic carbocycles. The van der Waals surface area contributed by atoms with Crippen LogP contribution in [-0.2, 0) is 5.41 Å². The van der Waals surface area contributed by atoms with Crippen molar-refractivity contribution in [2.45, 2.75) is 44.2 Å². The van der Waals surface area contributed by atoms with Gasteiger partial charge in [-0.3, -0.25) is 19.6 Å². The molecule has 1 unspecified atom stereocenters. The summed E-state index contributed by atoms with van der Waals surface area (Å²) in [5, 5.41) is 17.7. The highest BCUT2D eigenvalue weighted by Gasteiger charge is 2.36. The van der Waals surface area contributed by atoms with E-state index >= 15 is 0 Å². The fraction of sp³-hybridized carbons (Fsp3) is 0.364. The van der Waals surface area contributed by atoms with Crippen molar-refractivity contribution < 1.29 is 9.59 Å². The van der Waals surface area contributed by atoms with Gasteiger partial charge in [0, 0.05) is 29.4 Å². The molecule has 0 bridgehead atoms. The number of amides is 2. The molecule has 11 nitrogen and oxygen atoms in total. The Morgan fingerprint density at radius 2 is 1.80 bits per heavy atom. The molecule has 13 heteroatoms. The Morgan fingerprint density at radius 1 is 1.11 bits per heavy atom. The highest BCUT2D eigenvalue weighted by atomic mass is 32.2. The summed E-state index contributed by atoms with van der Waals surface area (Å²) in [6, 6.07) is 6.85. The Bertz CT molecular complexity index is 1440. The summed E-state index contributed by atoms with van der Waals surface area (Å²) >= 11 is 2.61. The maximum absolute atomic E-state index is 12.8. The first-order chi connectivity index (χ1) is 16.7. The lowest BCUT2D eigenvalue weighted by Gasteiger charge is -2.17. The summed E-state index contributed by atoms with van der Waals surface area (Å²) in [6.45, 7) is 8.22. The van der Waals surface area contributed by atoms with Crippen LogP contribution in [0.4, 0.5) is 10.8 Å². The molecule has 5 rings (SSSR count). The van der Waals surface area contributed by atoms with Crippen LogP contribution in [-0.4, -0.2) is 58.7 Å². The number of azo groups is 1. The highest BCUT2D eigenvalue weighted by molar-refractivity contribution is 7.98. The van der Waals surface area contributed by atoms with E-state index in [-0.39, 0.29) is 29.7 Å². The van der Waals surface area contributed by atoms with Crippen molar-refractivity contribution in [3.8, 4) is 0 Å². The third-order valence-corrected chi connectivity index (χ3v) is 6.89. The molecule has 0 spiro atoms. The maximum Gasteiger partial charge on any atom is 0.261 e. The molecule has 35 heavy (non-hydrogen) atoms. The first-order valence-electron chi connectivity index (χ1n) is 10.9. The molecule has 4 aromatic rings. The number of imide groups is 1. The zero-order chi connectivity index (χ0) is 24.9. The van der Waals surface area contributed by atoms with Gasteiger partial charge < -0.3 is 0 Å². The topological polar surface area (TPSA) is 134 Å². The van der Waals surface area contributed by atoms with Crippen LogP contribution < -0.4 is 0 Å². The van der Waals surface area contributed by atoms with E-state index in [9.17, 15) is 9.59 Å². The number of benzene rings is 1. The van der Waals surface area contributed by atoms with E-state index in [1.165, 1.54) is 28.2 Å². The number of nitrogens with one attached hydrogen (secondary N) is 1. The second kappa shape index (κ2) is 8.64. The van der Waals surface area contributed by atoms with Crippen LogP contribution in [0.3, 0.4) is 0 Å². The fourth-order valence-corrected chi connectivity index (χ4v) is 4.89. The third-order valence-electron chi connectivity index (χ3n) is 5.63. The van der Waals surface area contributed by atoms with Crippen molar-refractivity contribution in [2.75, 3.05) is 12.8 Å². The lowest BCUT2D eigenvalue weighted by molar-refractivity contribution is 0.0645. The second-order valence-corrected chi connectivity index (χ2v) is 10.7. The van der Waals surface area contributed by atoms with E-state index < -0.39 is 0 Å². The molecule has 1 N–H and O–H groups in total. The number of rotatable bonds is 6. The molecule has 3 aromatic heterocycles. The van der Waals surface area contributed by atoms with Gasteiger partial charge in [-0.2, -0.15) is 14.0 Å². The minimum atomic E-state index is -0.298. The molecule has 1 aromatic carbocycles. The quantitative estimate of drug-likeness (QED) is 0.225. The average molecular weight is 510 g/mol. The van der Waals surface area contributed by atoms with Crippen molar-refractivity contribution in [1.29, 1.82) is 0 Å². The number of carbonyl (C=O) groups is 2. The van der Waals surface area contributed by atoms with Crippen LogP contribution in [0, 0.1) is 0 Å². The number of hydrogen-bond donors (Lipinski definition) is 1. The fourth-order valence-electron chi connectivity index (χ4n) is 3.84. The average Bonchev–Trinajstić information content (AvgIpc) is 3.57. The Balaban J connectivity index is 1.45. The summed E-state index contributed by atoms with van der Waals surface area (Å²) in [5.41, 5.74) is 2.48. The number of thioether (sulfide) groups is 1. The molecule has 2 amide bonds. The van der Waals surface area contributed by atoms with Gasteiger partial charge in [-0.05, 0) is 18.4 Å². The molecule has 0 radical (unpaired) electrons. The second-order valence-electron chi connectivity index (χ2n) is 9.22. The first kappa shape index (κ1) is 23.3. The number of fused-ring (bicyclic) bond motifs is 2. The molecule has 180 valence electrons. The minimum absolute atomic E-state index is 0.171. The van der Waals surface area contributed by atoms with Crippen LogP contribution in [0.25, 0.3) is 5.65 Å². The van der Waals surface area contributed by atoms with Crippen molar-refractivity contribution >= 4 is 51.6 Å². The Morgan fingerprint density at radius 3 is 2.40 bits per heavy atom. The largest absolute Gasteiger partial charge is 0.277 e. The normalized spacial score (nSPS) is 15.1.